The zero-order chi connectivity index (χ0) is 8.97. The SMILES string of the molecule is Fc1ncccc1OCC(F)F. The normalized spacial score (nSPS) is 10.3. The summed E-state index contributed by atoms with van der Waals surface area (Å²) in [4.78, 5) is 3.22. The van der Waals surface area contributed by atoms with E-state index in [9.17, 15) is 13.2 Å². The van der Waals surface area contributed by atoms with E-state index in [0.29, 0.717) is 0 Å². The highest BCUT2D eigenvalue weighted by Crippen LogP contribution is 2.13. The van der Waals surface area contributed by atoms with Crippen LogP contribution in [0.3, 0.4) is 0 Å². The standard InChI is InChI=1S/C7H6F3NO/c8-6(9)4-12-5-2-1-3-11-7(5)10/h1-3,6H,4H2. The number of nitrogens with zero attached hydrogens (tertiary/aromatic N) is 1. The van der Waals surface area contributed by atoms with Gasteiger partial charge in [0.2, 0.25) is 0 Å². The van der Waals surface area contributed by atoms with Crippen LogP contribution in [0, 0.1) is 5.95 Å². The zero-order valence-electron chi connectivity index (χ0n) is 6.01. The summed E-state index contributed by atoms with van der Waals surface area (Å²) in [6.07, 6.45) is -1.39. The second-order valence-electron chi connectivity index (χ2n) is 1.99. The summed E-state index contributed by atoms with van der Waals surface area (Å²) >= 11 is 0. The first-order valence-corrected chi connectivity index (χ1v) is 3.21. The largest absolute Gasteiger partial charge is 0.483 e. The van der Waals surface area contributed by atoms with Crippen molar-refractivity contribution in [3.05, 3.63) is 24.3 Å². The summed E-state index contributed by atoms with van der Waals surface area (Å²) in [5.74, 6) is -1.13. The van der Waals surface area contributed by atoms with Gasteiger partial charge in [0.1, 0.15) is 6.61 Å². The molecule has 0 fully saturated rings. The van der Waals surface area contributed by atoms with Crippen molar-refractivity contribution in [1.29, 1.82) is 0 Å². The van der Waals surface area contributed by atoms with Crippen LogP contribution in [0.25, 0.3) is 0 Å². The van der Waals surface area contributed by atoms with Gasteiger partial charge < -0.3 is 4.74 Å². The first-order chi connectivity index (χ1) is 5.70. The molecule has 0 atom stereocenters. The van der Waals surface area contributed by atoms with Gasteiger partial charge in [-0.2, -0.15) is 4.39 Å². The molecule has 0 amide bonds. The van der Waals surface area contributed by atoms with Gasteiger partial charge in [-0.3, -0.25) is 0 Å². The lowest BCUT2D eigenvalue weighted by molar-refractivity contribution is 0.0794. The fourth-order valence-electron chi connectivity index (χ4n) is 0.632. The quantitative estimate of drug-likeness (QED) is 0.657. The summed E-state index contributed by atoms with van der Waals surface area (Å²) in [6, 6.07) is 2.65. The van der Waals surface area contributed by atoms with E-state index in [1.54, 1.807) is 0 Å². The second-order valence-corrected chi connectivity index (χ2v) is 1.99. The van der Waals surface area contributed by atoms with Crippen LogP contribution < -0.4 is 4.74 Å². The van der Waals surface area contributed by atoms with Crippen molar-refractivity contribution in [3.8, 4) is 5.75 Å². The minimum absolute atomic E-state index is 0.252. The zero-order valence-corrected chi connectivity index (χ0v) is 6.01. The Hall–Kier alpha value is -1.26. The van der Waals surface area contributed by atoms with Gasteiger partial charge in [0.25, 0.3) is 12.4 Å². The Bertz CT molecular complexity index is 254. The van der Waals surface area contributed by atoms with Gasteiger partial charge >= 0.3 is 0 Å². The highest BCUT2D eigenvalue weighted by Gasteiger charge is 2.07. The van der Waals surface area contributed by atoms with E-state index in [-0.39, 0.29) is 5.75 Å². The monoisotopic (exact) mass is 177 g/mol. The highest BCUT2D eigenvalue weighted by atomic mass is 19.3. The van der Waals surface area contributed by atoms with Crippen LogP contribution in [0.2, 0.25) is 0 Å². The Labute approximate surface area is 67.0 Å². The van der Waals surface area contributed by atoms with Crippen LogP contribution in [-0.4, -0.2) is 18.0 Å². The number of hydrogen-bond donors (Lipinski definition) is 0. The van der Waals surface area contributed by atoms with E-state index < -0.39 is 19.0 Å². The molecule has 0 bridgehead atoms. The molecule has 5 heteroatoms. The number of aromatic nitrogens is 1. The van der Waals surface area contributed by atoms with Crippen LogP contribution in [0.4, 0.5) is 13.2 Å². The molecule has 2 nitrogen and oxygen atoms in total. The molecular weight excluding hydrogens is 171 g/mol. The molecule has 0 unspecified atom stereocenters. The first kappa shape index (κ1) is 8.83. The molecule has 0 spiro atoms. The average molecular weight is 177 g/mol. The van der Waals surface area contributed by atoms with E-state index in [4.69, 9.17) is 0 Å². The summed E-state index contributed by atoms with van der Waals surface area (Å²) in [6.45, 7) is -0.817. The summed E-state index contributed by atoms with van der Waals surface area (Å²) < 4.78 is 40.1. The third kappa shape index (κ3) is 2.41. The van der Waals surface area contributed by atoms with E-state index in [0.717, 1.165) is 0 Å². The van der Waals surface area contributed by atoms with Crippen LogP contribution >= 0.6 is 0 Å². The molecule has 0 aromatic carbocycles. The fourth-order valence-corrected chi connectivity index (χ4v) is 0.632. The number of rotatable bonds is 3. The van der Waals surface area contributed by atoms with Gasteiger partial charge in [-0.25, -0.2) is 13.8 Å². The molecule has 0 N–H and O–H groups in total. The minimum Gasteiger partial charge on any atom is -0.483 e. The Morgan fingerprint density at radius 3 is 2.83 bits per heavy atom. The van der Waals surface area contributed by atoms with Crippen LogP contribution in [-0.2, 0) is 0 Å². The number of alkyl halides is 2. The maximum absolute atomic E-state index is 12.6. The molecule has 1 rings (SSSR count). The minimum atomic E-state index is -2.61. The summed E-state index contributed by atoms with van der Waals surface area (Å²) in [5, 5.41) is 0. The smallest absolute Gasteiger partial charge is 0.272 e. The van der Waals surface area contributed by atoms with Gasteiger partial charge in [0.15, 0.2) is 5.75 Å². The number of halogens is 3. The number of hydrogen-bond acceptors (Lipinski definition) is 2. The van der Waals surface area contributed by atoms with Gasteiger partial charge in [-0.1, -0.05) is 0 Å². The first-order valence-electron chi connectivity index (χ1n) is 3.21. The molecule has 0 radical (unpaired) electrons. The van der Waals surface area contributed by atoms with Crippen LogP contribution in [0.15, 0.2) is 18.3 Å². The highest BCUT2D eigenvalue weighted by molar-refractivity contribution is 5.17. The van der Waals surface area contributed by atoms with Gasteiger partial charge in [0.05, 0.1) is 0 Å². The topological polar surface area (TPSA) is 22.1 Å². The molecule has 0 aliphatic carbocycles. The summed E-state index contributed by atoms with van der Waals surface area (Å²) in [5.41, 5.74) is 0. The average Bonchev–Trinajstić information content (AvgIpc) is 2.03. The number of pyridine rings is 1. The number of ether oxygens (including phenoxy) is 1. The van der Waals surface area contributed by atoms with Crippen molar-refractivity contribution in [1.82, 2.24) is 4.98 Å². The van der Waals surface area contributed by atoms with E-state index in [2.05, 4.69) is 9.72 Å². The van der Waals surface area contributed by atoms with Crippen LogP contribution in [0.5, 0.6) is 5.75 Å². The van der Waals surface area contributed by atoms with Crippen LogP contribution in [0.1, 0.15) is 0 Å². The molecule has 0 saturated heterocycles. The van der Waals surface area contributed by atoms with Crippen molar-refractivity contribution in [3.63, 3.8) is 0 Å². The Kier molecular flexibility index (Phi) is 2.90. The predicted octanol–water partition coefficient (Wildman–Crippen LogP) is 1.86. The van der Waals surface area contributed by atoms with Crippen molar-refractivity contribution < 1.29 is 17.9 Å². The molecule has 66 valence electrons. The van der Waals surface area contributed by atoms with Crippen molar-refractivity contribution in [2.45, 2.75) is 6.43 Å². The third-order valence-electron chi connectivity index (χ3n) is 1.09. The van der Waals surface area contributed by atoms with E-state index in [1.165, 1.54) is 18.3 Å². The van der Waals surface area contributed by atoms with Crippen molar-refractivity contribution in [2.75, 3.05) is 6.61 Å². The molecule has 0 aliphatic heterocycles. The third-order valence-corrected chi connectivity index (χ3v) is 1.09. The molecular formula is C7H6F3NO. The molecule has 0 aliphatic rings. The van der Waals surface area contributed by atoms with E-state index >= 15 is 0 Å². The fraction of sp³-hybridized carbons (Fsp3) is 0.286. The Morgan fingerprint density at radius 2 is 2.25 bits per heavy atom. The van der Waals surface area contributed by atoms with Gasteiger partial charge in [0, 0.05) is 6.20 Å². The molecule has 0 saturated carbocycles. The Morgan fingerprint density at radius 1 is 1.50 bits per heavy atom. The maximum Gasteiger partial charge on any atom is 0.272 e. The molecule has 12 heavy (non-hydrogen) atoms. The van der Waals surface area contributed by atoms with E-state index in [1.807, 2.05) is 0 Å². The lowest BCUT2D eigenvalue weighted by atomic mass is 10.4. The van der Waals surface area contributed by atoms with Crippen molar-refractivity contribution >= 4 is 0 Å². The van der Waals surface area contributed by atoms with Crippen molar-refractivity contribution in [2.24, 2.45) is 0 Å². The molecule has 1 aromatic rings. The maximum atomic E-state index is 12.6. The summed E-state index contributed by atoms with van der Waals surface area (Å²) in [7, 11) is 0. The second kappa shape index (κ2) is 3.94. The molecule has 1 aromatic heterocycles. The Balaban J connectivity index is 2.57. The predicted molar refractivity (Wildman–Crippen MR) is 35.7 cm³/mol. The lowest BCUT2D eigenvalue weighted by Crippen LogP contribution is -2.08. The lowest BCUT2D eigenvalue weighted by Gasteiger charge is -2.04. The molecule has 1 heterocycles. The van der Waals surface area contributed by atoms with Gasteiger partial charge in [-0.15, -0.1) is 0 Å². The van der Waals surface area contributed by atoms with Gasteiger partial charge in [-0.05, 0) is 12.1 Å².